The van der Waals surface area contributed by atoms with E-state index in [1.165, 1.54) is 22.5 Å². The molecule has 0 unspecified atom stereocenters. The van der Waals surface area contributed by atoms with Gasteiger partial charge < -0.3 is 0 Å². The summed E-state index contributed by atoms with van der Waals surface area (Å²) in [5.41, 5.74) is 0.972. The Hall–Kier alpha value is -1.81. The first-order valence-electron chi connectivity index (χ1n) is 8.91. The molecule has 4 rings (SSSR count). The van der Waals surface area contributed by atoms with Crippen molar-refractivity contribution < 1.29 is 16.8 Å². The Balaban J connectivity index is 1.56. The summed E-state index contributed by atoms with van der Waals surface area (Å²) in [6.45, 7) is 0.696. The third-order valence-electron chi connectivity index (χ3n) is 4.98. The average molecular weight is 437 g/mol. The first kappa shape index (κ1) is 19.5. The molecule has 0 N–H and O–H groups in total. The van der Waals surface area contributed by atoms with Gasteiger partial charge in [-0.05, 0) is 37.1 Å². The van der Waals surface area contributed by atoms with Crippen molar-refractivity contribution in [3.63, 3.8) is 0 Å². The molecule has 0 bridgehead atoms. The van der Waals surface area contributed by atoms with Gasteiger partial charge in [0.2, 0.25) is 10.0 Å². The standard InChI is InChI=1S/C19H20N2O4S3/c1-27(22,23)17-8-4-5-9-18(17)28(24,25)21-12-10-14(11-13-21)19-20-15-6-2-3-7-16(15)26-19/h2-9,14H,10-13H2,1H3. The monoisotopic (exact) mass is 436 g/mol. The molecule has 3 aromatic rings. The van der Waals surface area contributed by atoms with Crippen molar-refractivity contribution in [3.8, 4) is 0 Å². The number of thiazole rings is 1. The molecule has 1 aliphatic rings. The third kappa shape index (κ3) is 3.59. The van der Waals surface area contributed by atoms with Crippen molar-refractivity contribution in [1.29, 1.82) is 0 Å². The molecule has 1 aromatic heterocycles. The van der Waals surface area contributed by atoms with Crippen LogP contribution in [0.25, 0.3) is 10.2 Å². The van der Waals surface area contributed by atoms with E-state index in [4.69, 9.17) is 4.98 Å². The van der Waals surface area contributed by atoms with Crippen LogP contribution in [0.15, 0.2) is 58.3 Å². The van der Waals surface area contributed by atoms with E-state index in [-0.39, 0.29) is 15.7 Å². The van der Waals surface area contributed by atoms with Crippen LogP contribution in [0.5, 0.6) is 0 Å². The first-order valence-corrected chi connectivity index (χ1v) is 13.1. The third-order valence-corrected chi connectivity index (χ3v) is 9.42. The Labute approximate surface area is 168 Å². The van der Waals surface area contributed by atoms with Crippen LogP contribution in [0.4, 0.5) is 0 Å². The topological polar surface area (TPSA) is 84.4 Å². The minimum absolute atomic E-state index is 0.143. The van der Waals surface area contributed by atoms with Gasteiger partial charge in [-0.25, -0.2) is 21.8 Å². The first-order chi connectivity index (χ1) is 13.3. The molecule has 148 valence electrons. The number of sulfonamides is 1. The van der Waals surface area contributed by atoms with E-state index in [2.05, 4.69) is 0 Å². The summed E-state index contributed by atoms with van der Waals surface area (Å²) in [6, 6.07) is 13.8. The number of hydrogen-bond acceptors (Lipinski definition) is 6. The minimum Gasteiger partial charge on any atom is -0.241 e. The second-order valence-corrected chi connectivity index (χ2v) is 11.9. The number of hydrogen-bond donors (Lipinski definition) is 0. The maximum atomic E-state index is 13.1. The second kappa shape index (κ2) is 7.22. The highest BCUT2D eigenvalue weighted by atomic mass is 32.2. The molecule has 9 heteroatoms. The van der Waals surface area contributed by atoms with Crippen molar-refractivity contribution >= 4 is 41.4 Å². The molecule has 1 saturated heterocycles. The molecule has 0 saturated carbocycles. The lowest BCUT2D eigenvalue weighted by Crippen LogP contribution is -2.38. The van der Waals surface area contributed by atoms with Crippen LogP contribution in [0, 0.1) is 0 Å². The molecule has 1 fully saturated rings. The maximum absolute atomic E-state index is 13.1. The predicted octanol–water partition coefficient (Wildman–Crippen LogP) is 3.27. The number of piperidine rings is 1. The fourth-order valence-electron chi connectivity index (χ4n) is 3.52. The lowest BCUT2D eigenvalue weighted by Gasteiger charge is -2.30. The van der Waals surface area contributed by atoms with Crippen molar-refractivity contribution in [2.24, 2.45) is 0 Å². The predicted molar refractivity (Wildman–Crippen MR) is 110 cm³/mol. The molecule has 0 atom stereocenters. The highest BCUT2D eigenvalue weighted by Gasteiger charge is 2.33. The second-order valence-electron chi connectivity index (χ2n) is 6.92. The van der Waals surface area contributed by atoms with Crippen LogP contribution in [0.2, 0.25) is 0 Å². The number of sulfone groups is 1. The van der Waals surface area contributed by atoms with E-state index in [9.17, 15) is 16.8 Å². The highest BCUT2D eigenvalue weighted by molar-refractivity contribution is 7.93. The van der Waals surface area contributed by atoms with Crippen LogP contribution in [-0.4, -0.2) is 45.5 Å². The van der Waals surface area contributed by atoms with Crippen molar-refractivity contribution in [2.75, 3.05) is 19.3 Å². The summed E-state index contributed by atoms with van der Waals surface area (Å²) in [7, 11) is -7.51. The molecule has 0 spiro atoms. The summed E-state index contributed by atoms with van der Waals surface area (Å²) >= 11 is 1.66. The summed E-state index contributed by atoms with van der Waals surface area (Å²) < 4.78 is 52.7. The fourth-order valence-corrected chi connectivity index (χ4v) is 7.72. The Bertz CT molecular complexity index is 1190. The van der Waals surface area contributed by atoms with Gasteiger partial charge >= 0.3 is 0 Å². The van der Waals surface area contributed by atoms with Gasteiger partial charge in [-0.1, -0.05) is 24.3 Å². The molecule has 0 radical (unpaired) electrons. The van der Waals surface area contributed by atoms with Crippen LogP contribution < -0.4 is 0 Å². The quantitative estimate of drug-likeness (QED) is 0.627. The van der Waals surface area contributed by atoms with E-state index in [0.717, 1.165) is 21.5 Å². The number of rotatable bonds is 4. The Morgan fingerprint density at radius 1 is 0.929 bits per heavy atom. The molecular weight excluding hydrogens is 416 g/mol. The molecule has 0 aliphatic carbocycles. The van der Waals surface area contributed by atoms with E-state index >= 15 is 0 Å². The number of benzene rings is 2. The smallest absolute Gasteiger partial charge is 0.241 e. The van der Waals surface area contributed by atoms with Gasteiger partial charge in [0.25, 0.3) is 0 Å². The Morgan fingerprint density at radius 2 is 1.54 bits per heavy atom. The van der Waals surface area contributed by atoms with Gasteiger partial charge in [-0.2, -0.15) is 4.31 Å². The molecule has 2 heterocycles. The zero-order valence-electron chi connectivity index (χ0n) is 15.3. The summed E-state index contributed by atoms with van der Waals surface area (Å²) in [5, 5.41) is 1.04. The van der Waals surface area contributed by atoms with Crippen LogP contribution in [0.3, 0.4) is 0 Å². The van der Waals surface area contributed by atoms with Crippen molar-refractivity contribution in [2.45, 2.75) is 28.6 Å². The van der Waals surface area contributed by atoms with Gasteiger partial charge in [0, 0.05) is 25.3 Å². The molecule has 2 aromatic carbocycles. The number of para-hydroxylation sites is 1. The highest BCUT2D eigenvalue weighted by Crippen LogP contribution is 2.35. The Morgan fingerprint density at radius 3 is 2.18 bits per heavy atom. The maximum Gasteiger partial charge on any atom is 0.244 e. The van der Waals surface area contributed by atoms with E-state index in [1.54, 1.807) is 17.4 Å². The number of nitrogens with zero attached hydrogens (tertiary/aromatic N) is 2. The van der Waals surface area contributed by atoms with Gasteiger partial charge in [0.15, 0.2) is 9.84 Å². The zero-order valence-corrected chi connectivity index (χ0v) is 17.7. The van der Waals surface area contributed by atoms with E-state index in [0.29, 0.717) is 25.9 Å². The summed E-state index contributed by atoms with van der Waals surface area (Å²) in [5.74, 6) is 0.217. The SMILES string of the molecule is CS(=O)(=O)c1ccccc1S(=O)(=O)N1CCC(c2nc3ccccc3s2)CC1. The van der Waals surface area contributed by atoms with Gasteiger partial charge in [-0.15, -0.1) is 11.3 Å². The summed E-state index contributed by atoms with van der Waals surface area (Å²) in [6.07, 6.45) is 2.36. The molecule has 1 aliphatic heterocycles. The molecule has 28 heavy (non-hydrogen) atoms. The lowest BCUT2D eigenvalue weighted by molar-refractivity contribution is 0.318. The summed E-state index contributed by atoms with van der Waals surface area (Å²) in [4.78, 5) is 4.41. The van der Waals surface area contributed by atoms with E-state index < -0.39 is 19.9 Å². The largest absolute Gasteiger partial charge is 0.244 e. The van der Waals surface area contributed by atoms with Crippen LogP contribution >= 0.6 is 11.3 Å². The minimum atomic E-state index is -3.87. The van der Waals surface area contributed by atoms with Crippen molar-refractivity contribution in [1.82, 2.24) is 9.29 Å². The average Bonchev–Trinajstić information content (AvgIpc) is 3.12. The van der Waals surface area contributed by atoms with Gasteiger partial charge in [0.05, 0.1) is 20.1 Å². The Kier molecular flexibility index (Phi) is 5.03. The van der Waals surface area contributed by atoms with Crippen molar-refractivity contribution in [3.05, 3.63) is 53.5 Å². The van der Waals surface area contributed by atoms with Crippen LogP contribution in [-0.2, 0) is 19.9 Å². The van der Waals surface area contributed by atoms with Gasteiger partial charge in [0.1, 0.15) is 4.90 Å². The van der Waals surface area contributed by atoms with Gasteiger partial charge in [-0.3, -0.25) is 0 Å². The van der Waals surface area contributed by atoms with E-state index in [1.807, 2.05) is 24.3 Å². The fraction of sp³-hybridized carbons (Fsp3) is 0.316. The number of aromatic nitrogens is 1. The lowest BCUT2D eigenvalue weighted by atomic mass is 9.99. The normalized spacial score (nSPS) is 17.2. The zero-order chi connectivity index (χ0) is 19.9. The molecular formula is C19H20N2O4S3. The van der Waals surface area contributed by atoms with Crippen LogP contribution in [0.1, 0.15) is 23.8 Å². The molecule has 6 nitrogen and oxygen atoms in total. The molecule has 0 amide bonds. The number of fused-ring (bicyclic) bond motifs is 1.